The summed E-state index contributed by atoms with van der Waals surface area (Å²) in [5, 5.41) is 0. The molecule has 4 N–H and O–H groups in total. The van der Waals surface area contributed by atoms with Crippen LogP contribution in [0.1, 0.15) is 24.0 Å². The van der Waals surface area contributed by atoms with Crippen LogP contribution in [0, 0.1) is 0 Å². The summed E-state index contributed by atoms with van der Waals surface area (Å²) in [6.45, 7) is 0.932. The molecule has 2 saturated heterocycles. The molecule has 206 valence electrons. The normalized spacial score (nSPS) is 19.5. The smallest absolute Gasteiger partial charge is 0.251 e. The van der Waals surface area contributed by atoms with Gasteiger partial charge in [0.15, 0.2) is 0 Å². The number of nitrogens with zero attached hydrogens (tertiary/aromatic N) is 4. The first-order valence-electron chi connectivity index (χ1n) is 13.1. The van der Waals surface area contributed by atoms with E-state index in [0.29, 0.717) is 35.8 Å². The lowest BCUT2D eigenvalue weighted by atomic mass is 10.1. The quantitative estimate of drug-likeness (QED) is 0.329. The molecule has 10 heteroatoms. The Kier molecular flexibility index (Phi) is 7.38. The largest absolute Gasteiger partial charge is 0.399 e. The number of rotatable bonds is 8. The molecular weight excluding hydrogens is 508 g/mol. The SMILES string of the molecule is CN(Cc1cccc(N)c1)C1CC(=O)N(c2ccc(N3C(=O)CC(N(C)Cc4cccc(N)c4)C3=O)cc2)C1=O. The predicted octanol–water partition coefficient (Wildman–Crippen LogP) is 2.38. The second-order valence-electron chi connectivity index (χ2n) is 10.4. The Morgan fingerprint density at radius 3 is 1.38 bits per heavy atom. The number of likely N-dealkylation sites (N-methyl/N-ethyl adjacent to an activating group) is 2. The van der Waals surface area contributed by atoms with E-state index in [9.17, 15) is 19.2 Å². The molecule has 2 atom stereocenters. The van der Waals surface area contributed by atoms with Crippen LogP contribution in [0.3, 0.4) is 0 Å². The van der Waals surface area contributed by atoms with Gasteiger partial charge in [0.1, 0.15) is 0 Å². The average molecular weight is 541 g/mol. The zero-order chi connectivity index (χ0) is 28.6. The molecule has 0 aromatic heterocycles. The zero-order valence-electron chi connectivity index (χ0n) is 22.5. The number of hydrogen-bond donors (Lipinski definition) is 2. The van der Waals surface area contributed by atoms with E-state index in [0.717, 1.165) is 11.1 Å². The van der Waals surface area contributed by atoms with Crippen molar-refractivity contribution >= 4 is 46.4 Å². The van der Waals surface area contributed by atoms with Crippen LogP contribution in [0.5, 0.6) is 0 Å². The zero-order valence-corrected chi connectivity index (χ0v) is 22.5. The molecule has 4 amide bonds. The minimum Gasteiger partial charge on any atom is -0.399 e. The fraction of sp³-hybridized carbons (Fsp3) is 0.267. The first kappa shape index (κ1) is 27.0. The molecule has 0 bridgehead atoms. The molecule has 2 aliphatic heterocycles. The third-order valence-corrected chi connectivity index (χ3v) is 7.44. The minimum absolute atomic E-state index is 0.0591. The van der Waals surface area contributed by atoms with Crippen molar-refractivity contribution in [3.8, 4) is 0 Å². The molecule has 2 fully saturated rings. The molecule has 2 heterocycles. The number of carbonyl (C=O) groups is 4. The molecule has 40 heavy (non-hydrogen) atoms. The number of imide groups is 2. The van der Waals surface area contributed by atoms with E-state index in [-0.39, 0.29) is 36.5 Å². The van der Waals surface area contributed by atoms with E-state index in [1.807, 2.05) is 46.2 Å². The number of nitrogens with two attached hydrogens (primary N) is 2. The Hall–Kier alpha value is -4.54. The Balaban J connectivity index is 1.26. The molecule has 10 nitrogen and oxygen atoms in total. The maximum absolute atomic E-state index is 13.3. The Labute approximate surface area is 232 Å². The van der Waals surface area contributed by atoms with Gasteiger partial charge in [-0.25, -0.2) is 9.80 Å². The molecule has 0 radical (unpaired) electrons. The van der Waals surface area contributed by atoms with E-state index >= 15 is 0 Å². The van der Waals surface area contributed by atoms with Crippen LogP contribution >= 0.6 is 0 Å². The fourth-order valence-corrected chi connectivity index (χ4v) is 5.39. The van der Waals surface area contributed by atoms with Crippen molar-refractivity contribution in [3.05, 3.63) is 83.9 Å². The molecule has 3 aromatic carbocycles. The lowest BCUT2D eigenvalue weighted by Crippen LogP contribution is -2.40. The Morgan fingerprint density at radius 1 is 0.650 bits per heavy atom. The number of carbonyl (C=O) groups excluding carboxylic acids is 4. The van der Waals surface area contributed by atoms with Gasteiger partial charge in [-0.3, -0.25) is 29.0 Å². The van der Waals surface area contributed by atoms with Gasteiger partial charge >= 0.3 is 0 Å². The summed E-state index contributed by atoms with van der Waals surface area (Å²) in [4.78, 5) is 58.3. The van der Waals surface area contributed by atoms with Gasteiger partial charge in [-0.1, -0.05) is 24.3 Å². The molecular formula is C30H32N6O4. The van der Waals surface area contributed by atoms with Crippen LogP contribution in [-0.4, -0.2) is 59.6 Å². The van der Waals surface area contributed by atoms with E-state index in [4.69, 9.17) is 11.5 Å². The Morgan fingerprint density at radius 2 is 1.02 bits per heavy atom. The monoisotopic (exact) mass is 540 g/mol. The van der Waals surface area contributed by atoms with Crippen molar-refractivity contribution in [3.63, 3.8) is 0 Å². The molecule has 2 unspecified atom stereocenters. The van der Waals surface area contributed by atoms with Crippen LogP contribution in [0.15, 0.2) is 72.8 Å². The summed E-state index contributed by atoms with van der Waals surface area (Å²) >= 11 is 0. The van der Waals surface area contributed by atoms with E-state index < -0.39 is 12.1 Å². The number of benzene rings is 3. The predicted molar refractivity (Wildman–Crippen MR) is 153 cm³/mol. The number of hydrogen-bond acceptors (Lipinski definition) is 8. The first-order chi connectivity index (χ1) is 19.1. The molecule has 0 aliphatic carbocycles. The van der Waals surface area contributed by atoms with Crippen molar-refractivity contribution in [1.82, 2.24) is 9.80 Å². The standard InChI is InChI=1S/C30H32N6O4/c1-33(17-19-5-3-7-21(31)13-19)25-15-27(37)35(29(25)39)23-9-11-24(12-10-23)36-28(38)16-26(30(36)40)34(2)18-20-6-4-8-22(32)14-20/h3-14,25-26H,15-18,31-32H2,1-2H3. The fourth-order valence-electron chi connectivity index (χ4n) is 5.39. The summed E-state index contributed by atoms with van der Waals surface area (Å²) < 4.78 is 0. The van der Waals surface area contributed by atoms with Crippen molar-refractivity contribution in [2.75, 3.05) is 35.4 Å². The van der Waals surface area contributed by atoms with Gasteiger partial charge in [-0.15, -0.1) is 0 Å². The number of anilines is 4. The van der Waals surface area contributed by atoms with Crippen molar-refractivity contribution < 1.29 is 19.2 Å². The Bertz CT molecular complexity index is 1360. The van der Waals surface area contributed by atoms with Gasteiger partial charge in [-0.05, 0) is 73.8 Å². The van der Waals surface area contributed by atoms with Crippen molar-refractivity contribution in [2.24, 2.45) is 0 Å². The molecule has 2 aliphatic rings. The minimum atomic E-state index is -0.605. The molecule has 0 spiro atoms. The van der Waals surface area contributed by atoms with Gasteiger partial charge < -0.3 is 11.5 Å². The lowest BCUT2D eigenvalue weighted by molar-refractivity contribution is -0.124. The van der Waals surface area contributed by atoms with E-state index in [1.54, 1.807) is 50.5 Å². The summed E-state index contributed by atoms with van der Waals surface area (Å²) in [6, 6.07) is 20.0. The van der Waals surface area contributed by atoms with E-state index in [2.05, 4.69) is 0 Å². The number of nitrogen functional groups attached to an aromatic ring is 2. The van der Waals surface area contributed by atoms with Crippen LogP contribution in [0.4, 0.5) is 22.7 Å². The highest BCUT2D eigenvalue weighted by Gasteiger charge is 2.43. The lowest BCUT2D eigenvalue weighted by Gasteiger charge is -2.24. The molecule has 0 saturated carbocycles. The first-order valence-corrected chi connectivity index (χ1v) is 13.1. The van der Waals surface area contributed by atoms with Gasteiger partial charge in [0, 0.05) is 24.5 Å². The van der Waals surface area contributed by atoms with Crippen LogP contribution in [-0.2, 0) is 32.3 Å². The van der Waals surface area contributed by atoms with E-state index in [1.165, 1.54) is 9.80 Å². The third kappa shape index (κ3) is 5.31. The highest BCUT2D eigenvalue weighted by atomic mass is 16.2. The van der Waals surface area contributed by atoms with Crippen molar-refractivity contribution in [1.29, 1.82) is 0 Å². The topological polar surface area (TPSA) is 133 Å². The molecule has 5 rings (SSSR count). The average Bonchev–Trinajstić information content (AvgIpc) is 3.38. The molecule has 3 aromatic rings. The van der Waals surface area contributed by atoms with Crippen molar-refractivity contribution in [2.45, 2.75) is 38.0 Å². The maximum atomic E-state index is 13.3. The van der Waals surface area contributed by atoms with Crippen LogP contribution in [0.2, 0.25) is 0 Å². The summed E-state index contributed by atoms with van der Waals surface area (Å²) in [5.74, 6) is -1.25. The number of amides is 4. The second-order valence-corrected chi connectivity index (χ2v) is 10.4. The third-order valence-electron chi connectivity index (χ3n) is 7.44. The highest BCUT2D eigenvalue weighted by molar-refractivity contribution is 6.24. The van der Waals surface area contributed by atoms with Gasteiger partial charge in [0.2, 0.25) is 11.8 Å². The van der Waals surface area contributed by atoms with Gasteiger partial charge in [-0.2, -0.15) is 0 Å². The summed E-state index contributed by atoms with van der Waals surface area (Å²) in [6.07, 6.45) is 0.118. The van der Waals surface area contributed by atoms with Gasteiger partial charge in [0.05, 0.1) is 36.3 Å². The van der Waals surface area contributed by atoms with Crippen LogP contribution in [0.25, 0.3) is 0 Å². The summed E-state index contributed by atoms with van der Waals surface area (Å²) in [7, 11) is 3.60. The van der Waals surface area contributed by atoms with Gasteiger partial charge in [0.25, 0.3) is 11.8 Å². The maximum Gasteiger partial charge on any atom is 0.251 e. The van der Waals surface area contributed by atoms with Crippen LogP contribution < -0.4 is 21.3 Å². The highest BCUT2D eigenvalue weighted by Crippen LogP contribution is 2.31. The summed E-state index contributed by atoms with van der Waals surface area (Å²) in [5.41, 5.74) is 15.7. The second kappa shape index (κ2) is 10.9.